The van der Waals surface area contributed by atoms with E-state index in [9.17, 15) is 10.1 Å². The van der Waals surface area contributed by atoms with Crippen LogP contribution in [-0.4, -0.2) is 77.6 Å². The number of hydrogen-bond acceptors (Lipinski definition) is 10. The summed E-state index contributed by atoms with van der Waals surface area (Å²) in [5.41, 5.74) is 3.76. The van der Waals surface area contributed by atoms with Crippen molar-refractivity contribution in [2.45, 2.75) is 24.4 Å². The first kappa shape index (κ1) is 25.8. The fraction of sp³-hybridized carbons (Fsp3) is 0.300. The van der Waals surface area contributed by atoms with Gasteiger partial charge < -0.3 is 14.6 Å². The fourth-order valence-corrected chi connectivity index (χ4v) is 5.39. The van der Waals surface area contributed by atoms with Crippen molar-refractivity contribution in [3.8, 4) is 17.5 Å². The summed E-state index contributed by atoms with van der Waals surface area (Å²) in [5, 5.41) is 25.5. The van der Waals surface area contributed by atoms with Crippen molar-refractivity contribution < 1.29 is 9.21 Å². The number of tetrazole rings is 1. The van der Waals surface area contributed by atoms with Crippen molar-refractivity contribution in [3.63, 3.8) is 0 Å². The van der Waals surface area contributed by atoms with Gasteiger partial charge in [-0.3, -0.25) is 14.7 Å². The first-order chi connectivity index (χ1) is 20.5. The van der Waals surface area contributed by atoms with Crippen LogP contribution in [0.15, 0.2) is 71.3 Å². The Morgan fingerprint density at radius 3 is 2.60 bits per heavy atom. The summed E-state index contributed by atoms with van der Waals surface area (Å²) in [6, 6.07) is 21.4. The topological polar surface area (TPSA) is 142 Å². The number of benzene rings is 2. The third-order valence-corrected chi connectivity index (χ3v) is 7.81. The molecular weight excluding hydrogens is 532 g/mol. The molecule has 12 nitrogen and oxygen atoms in total. The van der Waals surface area contributed by atoms with Gasteiger partial charge in [0, 0.05) is 43.6 Å². The van der Waals surface area contributed by atoms with Gasteiger partial charge >= 0.3 is 0 Å². The molecule has 2 aromatic carbocycles. The van der Waals surface area contributed by atoms with E-state index in [-0.39, 0.29) is 11.9 Å². The number of fused-ring (bicyclic) bond motifs is 1. The fourth-order valence-electron chi connectivity index (χ4n) is 5.39. The molecule has 4 heterocycles. The van der Waals surface area contributed by atoms with Gasteiger partial charge in [-0.05, 0) is 54.0 Å². The monoisotopic (exact) mass is 560 g/mol. The summed E-state index contributed by atoms with van der Waals surface area (Å²) >= 11 is 0. The molecule has 42 heavy (non-hydrogen) atoms. The molecule has 1 saturated heterocycles. The van der Waals surface area contributed by atoms with Crippen LogP contribution in [0.25, 0.3) is 22.6 Å². The molecule has 0 spiro atoms. The molecular formula is C30H28N10O2. The van der Waals surface area contributed by atoms with E-state index >= 15 is 0 Å². The van der Waals surface area contributed by atoms with E-state index in [0.29, 0.717) is 60.3 Å². The van der Waals surface area contributed by atoms with Crippen molar-refractivity contribution in [2.75, 3.05) is 31.5 Å². The molecule has 1 saturated carbocycles. The van der Waals surface area contributed by atoms with Gasteiger partial charge in [0.25, 0.3) is 5.91 Å². The van der Waals surface area contributed by atoms with E-state index in [0.717, 1.165) is 24.1 Å². The average molecular weight is 561 g/mol. The SMILES string of the molecule is Cn1nnc(C(c2ccccc2)N2CCN(C(=O)c3cc(-c4nc5cc(NC6(C#N)CC6)ccc5o4)ccn3)CC2)n1. The summed E-state index contributed by atoms with van der Waals surface area (Å²) in [4.78, 5) is 28.1. The number of nitriles is 1. The largest absolute Gasteiger partial charge is 0.436 e. The molecule has 1 atom stereocenters. The van der Waals surface area contributed by atoms with Gasteiger partial charge in [0.05, 0.1) is 19.2 Å². The second-order valence-corrected chi connectivity index (χ2v) is 10.7. The molecule has 12 heteroatoms. The van der Waals surface area contributed by atoms with Crippen LogP contribution >= 0.6 is 0 Å². The minimum atomic E-state index is -0.471. The van der Waals surface area contributed by atoms with Crippen LogP contribution < -0.4 is 5.32 Å². The van der Waals surface area contributed by atoms with Gasteiger partial charge in [-0.25, -0.2) is 4.98 Å². The Balaban J connectivity index is 1.06. The highest BCUT2D eigenvalue weighted by Crippen LogP contribution is 2.39. The number of hydrogen-bond donors (Lipinski definition) is 1. The number of aromatic nitrogens is 6. The molecule has 1 aliphatic heterocycles. The highest BCUT2D eigenvalue weighted by atomic mass is 16.3. The minimum absolute atomic E-state index is 0.140. The lowest BCUT2D eigenvalue weighted by Gasteiger charge is -2.38. The summed E-state index contributed by atoms with van der Waals surface area (Å²) in [7, 11) is 1.76. The highest BCUT2D eigenvalue weighted by Gasteiger charge is 2.43. The molecule has 5 aromatic rings. The number of oxazole rings is 1. The number of aryl methyl sites for hydroxylation is 1. The lowest BCUT2D eigenvalue weighted by atomic mass is 10.0. The number of nitrogens with zero attached hydrogens (tertiary/aromatic N) is 9. The highest BCUT2D eigenvalue weighted by molar-refractivity contribution is 5.93. The normalized spacial score (nSPS) is 17.1. The smallest absolute Gasteiger partial charge is 0.272 e. The minimum Gasteiger partial charge on any atom is -0.436 e. The van der Waals surface area contributed by atoms with Crippen molar-refractivity contribution >= 4 is 22.7 Å². The van der Waals surface area contributed by atoms with Crippen molar-refractivity contribution in [1.82, 2.24) is 40.0 Å². The number of piperazine rings is 1. The molecule has 0 radical (unpaired) electrons. The van der Waals surface area contributed by atoms with Crippen molar-refractivity contribution in [1.29, 1.82) is 5.26 Å². The Bertz CT molecular complexity index is 1800. The number of nitrogens with one attached hydrogen (secondary N) is 1. The van der Waals surface area contributed by atoms with Crippen LogP contribution in [-0.2, 0) is 7.05 Å². The molecule has 1 N–H and O–H groups in total. The predicted molar refractivity (Wildman–Crippen MR) is 153 cm³/mol. The molecule has 1 unspecified atom stereocenters. The Kier molecular flexibility index (Phi) is 6.36. The van der Waals surface area contributed by atoms with E-state index in [1.54, 1.807) is 25.4 Å². The summed E-state index contributed by atoms with van der Waals surface area (Å²) in [5.74, 6) is 0.905. The molecule has 2 aliphatic rings. The number of rotatable bonds is 7. The third kappa shape index (κ3) is 4.95. The number of anilines is 1. The molecule has 2 fully saturated rings. The molecule has 7 rings (SSSR count). The maximum atomic E-state index is 13.5. The summed E-state index contributed by atoms with van der Waals surface area (Å²) < 4.78 is 6.01. The predicted octanol–water partition coefficient (Wildman–Crippen LogP) is 3.43. The van der Waals surface area contributed by atoms with Gasteiger partial charge in [0.15, 0.2) is 11.4 Å². The zero-order chi connectivity index (χ0) is 28.7. The van der Waals surface area contributed by atoms with E-state index in [1.165, 1.54) is 4.80 Å². The Hall–Kier alpha value is -5.15. The van der Waals surface area contributed by atoms with Crippen LogP contribution in [0, 0.1) is 11.3 Å². The number of pyridine rings is 1. The van der Waals surface area contributed by atoms with Gasteiger partial charge in [-0.1, -0.05) is 30.3 Å². The lowest BCUT2D eigenvalue weighted by Crippen LogP contribution is -2.50. The van der Waals surface area contributed by atoms with Crippen LogP contribution in [0.4, 0.5) is 5.69 Å². The second kappa shape index (κ2) is 10.4. The Labute approximate surface area is 241 Å². The third-order valence-electron chi connectivity index (χ3n) is 7.81. The van der Waals surface area contributed by atoms with Crippen LogP contribution in [0.3, 0.4) is 0 Å². The second-order valence-electron chi connectivity index (χ2n) is 10.7. The average Bonchev–Trinajstić information content (AvgIpc) is 3.46. The van der Waals surface area contributed by atoms with Gasteiger partial charge in [-0.2, -0.15) is 10.1 Å². The number of carbonyl (C=O) groups excluding carboxylic acids is 1. The zero-order valence-corrected chi connectivity index (χ0v) is 23.0. The lowest BCUT2D eigenvalue weighted by molar-refractivity contribution is 0.0586. The standard InChI is InChI=1S/C30H28N10O2/c1-38-36-27(35-37-38)26(20-5-3-2-4-6-20)39-13-15-40(16-14-39)29(41)24-17-21(9-12-32-24)28-33-23-18-22(7-8-25(23)42-28)34-30(19-31)10-11-30/h2-9,12,17-18,26,34H,10-11,13-16H2,1H3. The number of amides is 1. The van der Waals surface area contributed by atoms with E-state index < -0.39 is 5.54 Å². The van der Waals surface area contributed by atoms with Crippen LogP contribution in [0.2, 0.25) is 0 Å². The quantitative estimate of drug-likeness (QED) is 0.315. The van der Waals surface area contributed by atoms with Gasteiger partial charge in [-0.15, -0.1) is 10.2 Å². The van der Waals surface area contributed by atoms with Crippen LogP contribution in [0.1, 0.15) is 40.8 Å². The zero-order valence-electron chi connectivity index (χ0n) is 23.0. The maximum Gasteiger partial charge on any atom is 0.272 e. The molecule has 1 aliphatic carbocycles. The van der Waals surface area contributed by atoms with E-state index in [1.807, 2.05) is 41.3 Å². The summed E-state index contributed by atoms with van der Waals surface area (Å²) in [6.07, 6.45) is 3.28. The Morgan fingerprint density at radius 2 is 1.88 bits per heavy atom. The maximum absolute atomic E-state index is 13.5. The molecule has 210 valence electrons. The molecule has 3 aromatic heterocycles. The van der Waals surface area contributed by atoms with Crippen molar-refractivity contribution in [2.24, 2.45) is 7.05 Å². The van der Waals surface area contributed by atoms with Crippen LogP contribution in [0.5, 0.6) is 0 Å². The van der Waals surface area contributed by atoms with Crippen molar-refractivity contribution in [3.05, 3.63) is 83.9 Å². The Morgan fingerprint density at radius 1 is 1.07 bits per heavy atom. The van der Waals surface area contributed by atoms with E-state index in [4.69, 9.17) is 4.42 Å². The van der Waals surface area contributed by atoms with E-state index in [2.05, 4.69) is 53.8 Å². The number of carbonyl (C=O) groups is 1. The van der Waals surface area contributed by atoms with Gasteiger partial charge in [0.1, 0.15) is 16.7 Å². The first-order valence-corrected chi connectivity index (χ1v) is 13.9. The molecule has 0 bridgehead atoms. The van der Waals surface area contributed by atoms with Gasteiger partial charge in [0.2, 0.25) is 5.89 Å². The first-order valence-electron chi connectivity index (χ1n) is 13.9. The molecule has 1 amide bonds. The summed E-state index contributed by atoms with van der Waals surface area (Å²) in [6.45, 7) is 2.38.